The van der Waals surface area contributed by atoms with E-state index in [9.17, 15) is 4.79 Å². The molecule has 14 heavy (non-hydrogen) atoms. The summed E-state index contributed by atoms with van der Waals surface area (Å²) in [5, 5.41) is 3.62. The fourth-order valence-electron chi connectivity index (χ4n) is 1.05. The highest BCUT2D eigenvalue weighted by molar-refractivity contribution is 5.68. The summed E-state index contributed by atoms with van der Waals surface area (Å²) in [5.41, 5.74) is 1.65. The lowest BCUT2D eigenvalue weighted by Crippen LogP contribution is -1.86. The van der Waals surface area contributed by atoms with Crippen LogP contribution >= 0.6 is 0 Å². The third-order valence-corrected chi connectivity index (χ3v) is 1.69. The summed E-state index contributed by atoms with van der Waals surface area (Å²) >= 11 is 0. The Kier molecular flexibility index (Phi) is 2.06. The lowest BCUT2D eigenvalue weighted by molar-refractivity contribution is 0.108. The average Bonchev–Trinajstić information content (AvgIpc) is 2.66. The van der Waals surface area contributed by atoms with Gasteiger partial charge in [0.05, 0.1) is 0 Å². The molecule has 0 N–H and O–H groups in total. The van der Waals surface area contributed by atoms with Crippen molar-refractivity contribution in [3.63, 3.8) is 0 Å². The Morgan fingerprint density at radius 3 is 3.00 bits per heavy atom. The van der Waals surface area contributed by atoms with Gasteiger partial charge in [0.15, 0.2) is 0 Å². The third kappa shape index (κ3) is 1.52. The van der Waals surface area contributed by atoms with E-state index in [-0.39, 0.29) is 5.89 Å². The molecule has 5 nitrogen and oxygen atoms in total. The molecule has 0 aromatic carbocycles. The third-order valence-electron chi connectivity index (χ3n) is 1.69. The summed E-state index contributed by atoms with van der Waals surface area (Å²) in [6.45, 7) is 1.94. The van der Waals surface area contributed by atoms with Crippen molar-refractivity contribution in [1.29, 1.82) is 0 Å². The highest BCUT2D eigenvalue weighted by Crippen LogP contribution is 2.12. The molecule has 0 bridgehead atoms. The van der Waals surface area contributed by atoms with Gasteiger partial charge in [0.25, 0.3) is 5.89 Å². The van der Waals surface area contributed by atoms with Crippen LogP contribution in [-0.2, 0) is 0 Å². The first-order valence-electron chi connectivity index (χ1n) is 4.01. The minimum absolute atomic E-state index is 0.0386. The molecule has 70 valence electrons. The number of pyridine rings is 1. The quantitative estimate of drug-likeness (QED) is 0.665. The second-order valence-electron chi connectivity index (χ2n) is 2.79. The smallest absolute Gasteiger partial charge is 0.291 e. The van der Waals surface area contributed by atoms with Crippen LogP contribution in [0.4, 0.5) is 0 Å². The van der Waals surface area contributed by atoms with Crippen molar-refractivity contribution in [3.05, 3.63) is 29.8 Å². The average molecular weight is 189 g/mol. The van der Waals surface area contributed by atoms with Crippen molar-refractivity contribution < 1.29 is 9.32 Å². The predicted molar refractivity (Wildman–Crippen MR) is 47.7 cm³/mol. The number of aromatic nitrogens is 3. The zero-order chi connectivity index (χ0) is 9.97. The van der Waals surface area contributed by atoms with Crippen molar-refractivity contribution in [3.8, 4) is 11.5 Å². The maximum absolute atomic E-state index is 10.3. The second-order valence-corrected chi connectivity index (χ2v) is 2.79. The van der Waals surface area contributed by atoms with Crippen LogP contribution in [0.2, 0.25) is 0 Å². The normalized spacial score (nSPS) is 10.1. The zero-order valence-corrected chi connectivity index (χ0v) is 7.47. The van der Waals surface area contributed by atoms with E-state index in [1.807, 2.05) is 19.1 Å². The van der Waals surface area contributed by atoms with Gasteiger partial charge in [-0.2, -0.15) is 4.98 Å². The molecule has 0 fully saturated rings. The molecular formula is C9H7N3O2. The number of hydrogen-bond acceptors (Lipinski definition) is 5. The number of carbonyl (C=O) groups excluding carboxylic acids is 1. The number of nitrogens with zero attached hydrogens (tertiary/aromatic N) is 3. The minimum Gasteiger partial charge on any atom is -0.331 e. The Hall–Kier alpha value is -2.04. The molecule has 0 aliphatic rings. The van der Waals surface area contributed by atoms with Gasteiger partial charge < -0.3 is 4.52 Å². The van der Waals surface area contributed by atoms with Crippen LogP contribution in [0.25, 0.3) is 11.5 Å². The fourth-order valence-corrected chi connectivity index (χ4v) is 1.05. The first-order chi connectivity index (χ1) is 6.79. The number of hydrogen-bond donors (Lipinski definition) is 0. The highest BCUT2D eigenvalue weighted by atomic mass is 16.5. The van der Waals surface area contributed by atoms with Gasteiger partial charge in [-0.1, -0.05) is 5.16 Å². The standard InChI is InChI=1S/C9H7N3O2/c1-6-2-3-10-7(4-6)9-11-8(5-13)14-12-9/h2-5H,1H3. The first kappa shape index (κ1) is 8.55. The van der Waals surface area contributed by atoms with E-state index in [4.69, 9.17) is 0 Å². The van der Waals surface area contributed by atoms with E-state index in [1.54, 1.807) is 6.20 Å². The zero-order valence-electron chi connectivity index (χ0n) is 7.47. The maximum Gasteiger partial charge on any atom is 0.291 e. The molecule has 0 amide bonds. The van der Waals surface area contributed by atoms with Crippen molar-refractivity contribution in [2.75, 3.05) is 0 Å². The summed E-state index contributed by atoms with van der Waals surface area (Å²) in [4.78, 5) is 18.2. The minimum atomic E-state index is -0.0386. The molecule has 0 atom stereocenters. The Balaban J connectivity index is 2.43. The van der Waals surface area contributed by atoms with Crippen molar-refractivity contribution in [2.45, 2.75) is 6.92 Å². The predicted octanol–water partition coefficient (Wildman–Crippen LogP) is 1.25. The van der Waals surface area contributed by atoms with E-state index < -0.39 is 0 Å². The van der Waals surface area contributed by atoms with Gasteiger partial charge in [-0.05, 0) is 24.6 Å². The number of carbonyl (C=O) groups is 1. The van der Waals surface area contributed by atoms with Crippen LogP contribution in [0, 0.1) is 6.92 Å². The molecule has 2 rings (SSSR count). The Bertz CT molecular complexity index is 465. The van der Waals surface area contributed by atoms with Gasteiger partial charge in [-0.25, -0.2) is 0 Å². The first-order valence-corrected chi connectivity index (χ1v) is 4.01. The molecule has 0 aliphatic heterocycles. The molecule has 2 heterocycles. The van der Waals surface area contributed by atoms with E-state index in [1.165, 1.54) is 0 Å². The summed E-state index contributed by atoms with van der Waals surface area (Å²) in [6.07, 6.45) is 2.16. The largest absolute Gasteiger partial charge is 0.331 e. The van der Waals surface area contributed by atoms with Crippen LogP contribution in [0.1, 0.15) is 16.2 Å². The molecule has 2 aromatic heterocycles. The van der Waals surface area contributed by atoms with Crippen LogP contribution in [0.5, 0.6) is 0 Å². The second kappa shape index (κ2) is 3.37. The van der Waals surface area contributed by atoms with Gasteiger partial charge >= 0.3 is 0 Å². The van der Waals surface area contributed by atoms with E-state index in [0.29, 0.717) is 17.8 Å². The van der Waals surface area contributed by atoms with Gasteiger partial charge in [-0.15, -0.1) is 0 Å². The fraction of sp³-hybridized carbons (Fsp3) is 0.111. The Morgan fingerprint density at radius 1 is 1.50 bits per heavy atom. The molecule has 0 saturated heterocycles. The van der Waals surface area contributed by atoms with E-state index in [2.05, 4.69) is 19.6 Å². The lowest BCUT2D eigenvalue weighted by Gasteiger charge is -1.93. The van der Waals surface area contributed by atoms with E-state index >= 15 is 0 Å². The molecular weight excluding hydrogens is 182 g/mol. The lowest BCUT2D eigenvalue weighted by atomic mass is 10.2. The summed E-state index contributed by atoms with van der Waals surface area (Å²) in [5.74, 6) is 0.291. The number of rotatable bonds is 2. The van der Waals surface area contributed by atoms with Crippen LogP contribution in [0.3, 0.4) is 0 Å². The monoisotopic (exact) mass is 189 g/mol. The van der Waals surface area contributed by atoms with Crippen molar-refractivity contribution in [2.24, 2.45) is 0 Å². The van der Waals surface area contributed by atoms with Crippen LogP contribution in [-0.4, -0.2) is 21.4 Å². The molecule has 0 aliphatic carbocycles. The summed E-state index contributed by atoms with van der Waals surface area (Å²) in [6, 6.07) is 3.68. The van der Waals surface area contributed by atoms with Crippen molar-refractivity contribution in [1.82, 2.24) is 15.1 Å². The number of aryl methyl sites for hydroxylation is 1. The van der Waals surface area contributed by atoms with Gasteiger partial charge in [0.2, 0.25) is 12.1 Å². The summed E-state index contributed by atoms with van der Waals surface area (Å²) in [7, 11) is 0. The van der Waals surface area contributed by atoms with Gasteiger partial charge in [0, 0.05) is 6.20 Å². The van der Waals surface area contributed by atoms with Crippen molar-refractivity contribution >= 4 is 6.29 Å². The maximum atomic E-state index is 10.3. The topological polar surface area (TPSA) is 68.9 Å². The molecule has 0 spiro atoms. The van der Waals surface area contributed by atoms with Gasteiger partial charge in [0.1, 0.15) is 5.69 Å². The molecule has 5 heteroatoms. The van der Waals surface area contributed by atoms with E-state index in [0.717, 1.165) is 5.56 Å². The molecule has 0 unspecified atom stereocenters. The Morgan fingerprint density at radius 2 is 2.36 bits per heavy atom. The van der Waals surface area contributed by atoms with Crippen LogP contribution < -0.4 is 0 Å². The highest BCUT2D eigenvalue weighted by Gasteiger charge is 2.08. The number of aldehydes is 1. The summed E-state index contributed by atoms with van der Waals surface area (Å²) < 4.78 is 4.64. The molecule has 0 radical (unpaired) electrons. The van der Waals surface area contributed by atoms with Crippen LogP contribution in [0.15, 0.2) is 22.9 Å². The Labute approximate surface area is 79.8 Å². The molecule has 2 aromatic rings. The van der Waals surface area contributed by atoms with Gasteiger partial charge in [-0.3, -0.25) is 9.78 Å². The SMILES string of the molecule is Cc1ccnc(-c2noc(C=O)n2)c1. The molecule has 0 saturated carbocycles.